The molecule has 0 aliphatic carbocycles. The van der Waals surface area contributed by atoms with Crippen LogP contribution in [0, 0.1) is 0 Å². The third-order valence-electron chi connectivity index (χ3n) is 4.26. The van der Waals surface area contributed by atoms with Gasteiger partial charge >= 0.3 is 0 Å². The molecule has 1 atom stereocenters. The minimum Gasteiger partial charge on any atom is -0.491 e. The zero-order valence-corrected chi connectivity index (χ0v) is 17.2. The lowest BCUT2D eigenvalue weighted by molar-refractivity contribution is -0.114. The molecule has 0 aromatic heterocycles. The Morgan fingerprint density at radius 2 is 1.79 bits per heavy atom. The van der Waals surface area contributed by atoms with Crippen LogP contribution in [-0.2, 0) is 9.53 Å². The summed E-state index contributed by atoms with van der Waals surface area (Å²) in [7, 11) is 1.62. The Labute approximate surface area is 171 Å². The molecule has 0 saturated carbocycles. The Kier molecular flexibility index (Phi) is 8.98. The molecule has 2 amide bonds. The topological polar surface area (TPSA) is 88.7 Å². The molecule has 0 heterocycles. The van der Waals surface area contributed by atoms with Gasteiger partial charge in [0, 0.05) is 30.1 Å². The number of carbonyl (C=O) groups is 2. The lowest BCUT2D eigenvalue weighted by Gasteiger charge is -2.12. The standard InChI is InChI=1S/C22H29N3O4/c1-4-16(2)24-22(27)17-6-5-7-19(14-17)25-21(26)15-23-18-8-10-20(11-9-18)29-13-12-28-3/h5-11,14,16,23H,4,12-13,15H2,1-3H3,(H,24,27)(H,25,26). The minimum absolute atomic E-state index is 0.0988. The molecule has 1 unspecified atom stereocenters. The van der Waals surface area contributed by atoms with E-state index in [-0.39, 0.29) is 24.4 Å². The van der Waals surface area contributed by atoms with Crippen LogP contribution in [0.4, 0.5) is 11.4 Å². The van der Waals surface area contributed by atoms with Crippen molar-refractivity contribution in [1.29, 1.82) is 0 Å². The van der Waals surface area contributed by atoms with Crippen LogP contribution in [0.2, 0.25) is 0 Å². The molecule has 3 N–H and O–H groups in total. The van der Waals surface area contributed by atoms with Crippen molar-refractivity contribution in [2.24, 2.45) is 0 Å². The highest BCUT2D eigenvalue weighted by molar-refractivity contribution is 5.98. The summed E-state index contributed by atoms with van der Waals surface area (Å²) in [6, 6.07) is 14.3. The van der Waals surface area contributed by atoms with Gasteiger partial charge in [0.05, 0.1) is 13.2 Å². The summed E-state index contributed by atoms with van der Waals surface area (Å²) in [5, 5.41) is 8.77. The Hall–Kier alpha value is -3.06. The molecule has 0 saturated heterocycles. The second-order valence-corrected chi connectivity index (χ2v) is 6.63. The summed E-state index contributed by atoms with van der Waals surface area (Å²) >= 11 is 0. The molecule has 2 rings (SSSR count). The SMILES string of the molecule is CCC(C)NC(=O)c1cccc(NC(=O)CNc2ccc(OCCOC)cc2)c1. The van der Waals surface area contributed by atoms with Crippen molar-refractivity contribution in [3.63, 3.8) is 0 Å². The largest absolute Gasteiger partial charge is 0.491 e. The van der Waals surface area contributed by atoms with Gasteiger partial charge in [0.25, 0.3) is 5.91 Å². The van der Waals surface area contributed by atoms with Crippen LogP contribution >= 0.6 is 0 Å². The summed E-state index contributed by atoms with van der Waals surface area (Å²) in [4.78, 5) is 24.4. The van der Waals surface area contributed by atoms with Crippen LogP contribution < -0.4 is 20.7 Å². The number of rotatable bonds is 11. The molecule has 156 valence electrons. The molecule has 2 aromatic carbocycles. The molecule has 0 spiro atoms. The van der Waals surface area contributed by atoms with Gasteiger partial charge < -0.3 is 25.4 Å². The first-order valence-corrected chi connectivity index (χ1v) is 9.68. The molecule has 0 aliphatic rings. The van der Waals surface area contributed by atoms with E-state index in [1.807, 2.05) is 38.1 Å². The van der Waals surface area contributed by atoms with Gasteiger partial charge in [-0.15, -0.1) is 0 Å². The molecular formula is C22H29N3O4. The second-order valence-electron chi connectivity index (χ2n) is 6.63. The Balaban J connectivity index is 1.83. The fourth-order valence-corrected chi connectivity index (χ4v) is 2.45. The summed E-state index contributed by atoms with van der Waals surface area (Å²) in [6.07, 6.45) is 0.855. The van der Waals surface area contributed by atoms with Gasteiger partial charge in [-0.3, -0.25) is 9.59 Å². The first kappa shape index (κ1) is 22.2. The summed E-state index contributed by atoms with van der Waals surface area (Å²) in [5.41, 5.74) is 1.90. The quantitative estimate of drug-likeness (QED) is 0.505. The Morgan fingerprint density at radius 3 is 2.48 bits per heavy atom. The highest BCUT2D eigenvalue weighted by atomic mass is 16.5. The maximum absolute atomic E-state index is 12.2. The zero-order chi connectivity index (χ0) is 21.1. The van der Waals surface area contributed by atoms with Crippen molar-refractivity contribution in [2.75, 3.05) is 37.5 Å². The molecule has 0 radical (unpaired) electrons. The molecule has 0 aliphatic heterocycles. The number of anilines is 2. The van der Waals surface area contributed by atoms with Crippen molar-refractivity contribution >= 4 is 23.2 Å². The van der Waals surface area contributed by atoms with E-state index in [0.717, 1.165) is 17.9 Å². The van der Waals surface area contributed by atoms with E-state index in [2.05, 4.69) is 16.0 Å². The first-order valence-electron chi connectivity index (χ1n) is 9.68. The number of hydrogen-bond acceptors (Lipinski definition) is 5. The summed E-state index contributed by atoms with van der Waals surface area (Å²) < 4.78 is 10.4. The van der Waals surface area contributed by atoms with Gasteiger partial charge in [0.15, 0.2) is 0 Å². The van der Waals surface area contributed by atoms with Crippen LogP contribution in [0.25, 0.3) is 0 Å². The van der Waals surface area contributed by atoms with Crippen LogP contribution in [0.5, 0.6) is 5.75 Å². The van der Waals surface area contributed by atoms with Crippen molar-refractivity contribution in [3.05, 3.63) is 54.1 Å². The zero-order valence-electron chi connectivity index (χ0n) is 17.2. The predicted molar refractivity (Wildman–Crippen MR) is 115 cm³/mol. The molecular weight excluding hydrogens is 370 g/mol. The maximum Gasteiger partial charge on any atom is 0.251 e. The van der Waals surface area contributed by atoms with Crippen LogP contribution in [0.1, 0.15) is 30.6 Å². The van der Waals surface area contributed by atoms with Crippen molar-refractivity contribution in [1.82, 2.24) is 5.32 Å². The second kappa shape index (κ2) is 11.7. The highest BCUT2D eigenvalue weighted by Gasteiger charge is 2.10. The van der Waals surface area contributed by atoms with Gasteiger partial charge in [-0.05, 0) is 55.8 Å². The molecule has 7 heteroatoms. The van der Waals surface area contributed by atoms with Gasteiger partial charge in [0.1, 0.15) is 12.4 Å². The monoisotopic (exact) mass is 399 g/mol. The lowest BCUT2D eigenvalue weighted by Crippen LogP contribution is -2.32. The minimum atomic E-state index is -0.204. The van der Waals surface area contributed by atoms with Crippen molar-refractivity contribution in [2.45, 2.75) is 26.3 Å². The summed E-state index contributed by atoms with van der Waals surface area (Å²) in [6.45, 7) is 5.08. The lowest BCUT2D eigenvalue weighted by atomic mass is 10.1. The van der Waals surface area contributed by atoms with Crippen molar-refractivity contribution < 1.29 is 19.1 Å². The number of nitrogens with one attached hydrogen (secondary N) is 3. The van der Waals surface area contributed by atoms with E-state index in [9.17, 15) is 9.59 Å². The molecule has 0 bridgehead atoms. The van der Waals surface area contributed by atoms with E-state index < -0.39 is 0 Å². The van der Waals surface area contributed by atoms with Crippen molar-refractivity contribution in [3.8, 4) is 5.75 Å². The Bertz CT molecular complexity index is 793. The number of benzene rings is 2. The first-order chi connectivity index (χ1) is 14.0. The van der Waals surface area contributed by atoms with E-state index in [4.69, 9.17) is 9.47 Å². The van der Waals surface area contributed by atoms with Crippen LogP contribution in [-0.4, -0.2) is 44.7 Å². The fraction of sp³-hybridized carbons (Fsp3) is 0.364. The number of ether oxygens (including phenoxy) is 2. The fourth-order valence-electron chi connectivity index (χ4n) is 2.45. The van der Waals surface area contributed by atoms with E-state index >= 15 is 0 Å². The van der Waals surface area contributed by atoms with Gasteiger partial charge in [-0.25, -0.2) is 0 Å². The van der Waals surface area contributed by atoms with Gasteiger partial charge in [-0.1, -0.05) is 13.0 Å². The van der Waals surface area contributed by atoms with Crippen LogP contribution in [0.15, 0.2) is 48.5 Å². The number of amides is 2. The predicted octanol–water partition coefficient (Wildman–Crippen LogP) is 3.29. The average molecular weight is 399 g/mol. The molecule has 29 heavy (non-hydrogen) atoms. The normalized spacial score (nSPS) is 11.4. The third kappa shape index (κ3) is 7.83. The smallest absolute Gasteiger partial charge is 0.251 e. The molecule has 7 nitrogen and oxygen atoms in total. The van der Waals surface area contributed by atoms with E-state index in [1.54, 1.807) is 31.4 Å². The van der Waals surface area contributed by atoms with E-state index in [0.29, 0.717) is 24.5 Å². The number of methoxy groups -OCH3 is 1. The Morgan fingerprint density at radius 1 is 1.03 bits per heavy atom. The van der Waals surface area contributed by atoms with Gasteiger partial charge in [-0.2, -0.15) is 0 Å². The molecule has 2 aromatic rings. The number of carbonyl (C=O) groups excluding carboxylic acids is 2. The highest BCUT2D eigenvalue weighted by Crippen LogP contribution is 2.16. The third-order valence-corrected chi connectivity index (χ3v) is 4.26. The number of hydrogen-bond donors (Lipinski definition) is 3. The summed E-state index contributed by atoms with van der Waals surface area (Å²) in [5.74, 6) is 0.385. The maximum atomic E-state index is 12.2. The molecule has 0 fully saturated rings. The van der Waals surface area contributed by atoms with E-state index in [1.165, 1.54) is 0 Å². The average Bonchev–Trinajstić information content (AvgIpc) is 2.73. The van der Waals surface area contributed by atoms with Gasteiger partial charge in [0.2, 0.25) is 5.91 Å². The van der Waals surface area contributed by atoms with Crippen LogP contribution in [0.3, 0.4) is 0 Å².